The number of nitro groups is 1. The highest BCUT2D eigenvalue weighted by atomic mass is 127. The number of benzene rings is 2. The summed E-state index contributed by atoms with van der Waals surface area (Å²) in [5.41, 5.74) is 3.23. The van der Waals surface area contributed by atoms with E-state index in [0.717, 1.165) is 21.5 Å². The molecule has 0 aliphatic carbocycles. The van der Waals surface area contributed by atoms with Crippen molar-refractivity contribution in [1.29, 1.82) is 0 Å². The molecule has 11 nitrogen and oxygen atoms in total. The van der Waals surface area contributed by atoms with Crippen LogP contribution in [0, 0.1) is 13.7 Å². The summed E-state index contributed by atoms with van der Waals surface area (Å²) in [7, 11) is 0. The third kappa shape index (κ3) is 7.26. The van der Waals surface area contributed by atoms with Gasteiger partial charge >= 0.3 is 0 Å². The second-order valence-corrected chi connectivity index (χ2v) is 9.71. The summed E-state index contributed by atoms with van der Waals surface area (Å²) in [5.74, 6) is 0.0838. The number of aromatic nitrogens is 3. The van der Waals surface area contributed by atoms with Crippen molar-refractivity contribution in [2.45, 2.75) is 30.4 Å². The number of nitro benzene ring substituents is 1. The molecule has 2 aromatic carbocycles. The van der Waals surface area contributed by atoms with E-state index in [4.69, 9.17) is 0 Å². The molecule has 0 saturated carbocycles. The number of thioether (sulfide) groups is 1. The first-order valence-corrected chi connectivity index (χ1v) is 12.2. The topological polar surface area (TPSA) is 148 Å². The van der Waals surface area contributed by atoms with Crippen LogP contribution in [0.3, 0.4) is 0 Å². The van der Waals surface area contributed by atoms with Crippen molar-refractivity contribution in [2.75, 3.05) is 5.32 Å². The lowest BCUT2D eigenvalue weighted by Crippen LogP contribution is -2.27. The van der Waals surface area contributed by atoms with Gasteiger partial charge in [-0.3, -0.25) is 14.9 Å². The number of amides is 1. The van der Waals surface area contributed by atoms with E-state index in [1.165, 1.54) is 23.9 Å². The Labute approximate surface area is 219 Å². The van der Waals surface area contributed by atoms with Gasteiger partial charge in [0.25, 0.3) is 11.6 Å². The Morgan fingerprint density at radius 2 is 2.09 bits per heavy atom. The Balaban J connectivity index is 1.62. The molecule has 1 atom stereocenters. The lowest BCUT2D eigenvalue weighted by atomic mass is 10.2. The number of carbonyl (C=O) groups excluding carboxylic acids is 1. The first-order valence-electron chi connectivity index (χ1n) is 10.3. The first kappa shape index (κ1) is 26.2. The molecule has 0 aliphatic rings. The van der Waals surface area contributed by atoms with Gasteiger partial charge in [0, 0.05) is 33.5 Å². The van der Waals surface area contributed by atoms with Crippen LogP contribution >= 0.6 is 34.4 Å². The maximum Gasteiger partial charge on any atom is 0.270 e. The standard InChI is InChI=1S/C22H22IN7O4S/c1-3-10-29-20(13-24-17-6-4-16(23)5-7-17)26-28-22(29)35-14(2)21(32)27-25-12-15-11-18(30(33)34)8-9-19(15)31/h3-9,11-12,14,24,31H,1,10,13H2,2H3,(H,27,32)/t14-/m0/s1. The molecule has 3 rings (SSSR count). The van der Waals surface area contributed by atoms with Crippen LogP contribution < -0.4 is 10.7 Å². The lowest BCUT2D eigenvalue weighted by molar-refractivity contribution is -0.384. The smallest absolute Gasteiger partial charge is 0.270 e. The van der Waals surface area contributed by atoms with Gasteiger partial charge in [-0.05, 0) is 59.8 Å². The number of aromatic hydroxyl groups is 1. The fraction of sp³-hybridized carbons (Fsp3) is 0.182. The number of nitrogens with zero attached hydrogens (tertiary/aromatic N) is 5. The summed E-state index contributed by atoms with van der Waals surface area (Å²) < 4.78 is 3.01. The van der Waals surface area contributed by atoms with Crippen LogP contribution in [0.4, 0.5) is 11.4 Å². The Morgan fingerprint density at radius 1 is 1.34 bits per heavy atom. The number of phenols is 1. The Morgan fingerprint density at radius 3 is 2.77 bits per heavy atom. The Bertz CT molecular complexity index is 1250. The van der Waals surface area contributed by atoms with Gasteiger partial charge in [0.1, 0.15) is 5.75 Å². The molecule has 35 heavy (non-hydrogen) atoms. The molecule has 182 valence electrons. The summed E-state index contributed by atoms with van der Waals surface area (Å²) in [6, 6.07) is 11.5. The molecule has 0 aliphatic heterocycles. The van der Waals surface area contributed by atoms with E-state index in [0.29, 0.717) is 24.1 Å². The summed E-state index contributed by atoms with van der Waals surface area (Å²) >= 11 is 3.45. The van der Waals surface area contributed by atoms with Crippen molar-refractivity contribution in [1.82, 2.24) is 20.2 Å². The van der Waals surface area contributed by atoms with E-state index >= 15 is 0 Å². The van der Waals surface area contributed by atoms with Crippen molar-refractivity contribution in [3.05, 3.63) is 80.2 Å². The number of allylic oxidation sites excluding steroid dienone is 1. The van der Waals surface area contributed by atoms with E-state index in [9.17, 15) is 20.0 Å². The van der Waals surface area contributed by atoms with Crippen LogP contribution in [0.15, 0.2) is 65.4 Å². The van der Waals surface area contributed by atoms with Gasteiger partial charge in [0.05, 0.1) is 22.9 Å². The predicted molar refractivity (Wildman–Crippen MR) is 143 cm³/mol. The van der Waals surface area contributed by atoms with Crippen LogP contribution in [0.25, 0.3) is 0 Å². The van der Waals surface area contributed by atoms with Crippen LogP contribution in [0.2, 0.25) is 0 Å². The molecule has 3 N–H and O–H groups in total. The fourth-order valence-electron chi connectivity index (χ4n) is 2.83. The van der Waals surface area contributed by atoms with Gasteiger partial charge in [0.2, 0.25) is 0 Å². The van der Waals surface area contributed by atoms with Gasteiger partial charge < -0.3 is 15.0 Å². The van der Waals surface area contributed by atoms with Gasteiger partial charge in [-0.25, -0.2) is 5.43 Å². The van der Waals surface area contributed by atoms with E-state index in [1.54, 1.807) is 13.0 Å². The zero-order valence-electron chi connectivity index (χ0n) is 18.6. The number of rotatable bonds is 11. The molecule has 0 bridgehead atoms. The van der Waals surface area contributed by atoms with Crippen LogP contribution in [-0.4, -0.2) is 42.2 Å². The monoisotopic (exact) mass is 607 g/mol. The number of carbonyl (C=O) groups is 1. The number of hydrazone groups is 1. The molecular weight excluding hydrogens is 585 g/mol. The van der Waals surface area contributed by atoms with Crippen molar-refractivity contribution in [3.63, 3.8) is 0 Å². The third-order valence-electron chi connectivity index (χ3n) is 4.65. The van der Waals surface area contributed by atoms with Gasteiger partial charge in [-0.15, -0.1) is 16.8 Å². The van der Waals surface area contributed by atoms with Crippen molar-refractivity contribution in [2.24, 2.45) is 5.10 Å². The fourth-order valence-corrected chi connectivity index (χ4v) is 4.06. The molecule has 0 unspecified atom stereocenters. The van der Waals surface area contributed by atoms with Gasteiger partial charge in [0.15, 0.2) is 11.0 Å². The maximum absolute atomic E-state index is 12.5. The minimum absolute atomic E-state index is 0.107. The molecule has 13 heteroatoms. The molecule has 0 saturated heterocycles. The number of halogens is 1. The number of nitrogens with one attached hydrogen (secondary N) is 2. The molecule has 3 aromatic rings. The van der Waals surface area contributed by atoms with Crippen LogP contribution in [-0.2, 0) is 17.9 Å². The largest absolute Gasteiger partial charge is 0.507 e. The Hall–Kier alpha value is -3.46. The van der Waals surface area contributed by atoms with Gasteiger partial charge in [-0.2, -0.15) is 5.10 Å². The second kappa shape index (κ2) is 12.3. The highest BCUT2D eigenvalue weighted by Gasteiger charge is 2.20. The lowest BCUT2D eigenvalue weighted by Gasteiger charge is -2.12. The van der Waals surface area contributed by atoms with Crippen molar-refractivity contribution >= 4 is 57.8 Å². The zero-order valence-corrected chi connectivity index (χ0v) is 21.6. The SMILES string of the molecule is C=CCn1c(CNc2ccc(I)cc2)nnc1S[C@@H](C)C(=O)NN=Cc1cc([N+](=O)[O-])ccc1O. The second-order valence-electron chi connectivity index (χ2n) is 7.15. The number of hydrogen-bond donors (Lipinski definition) is 3. The van der Waals surface area contributed by atoms with Crippen LogP contribution in [0.1, 0.15) is 18.3 Å². The third-order valence-corrected chi connectivity index (χ3v) is 6.45. The molecule has 1 aromatic heterocycles. The molecule has 1 heterocycles. The molecule has 0 fully saturated rings. The van der Waals surface area contributed by atoms with Crippen molar-refractivity contribution in [3.8, 4) is 5.75 Å². The quantitative estimate of drug-likeness (QED) is 0.0742. The summed E-state index contributed by atoms with van der Waals surface area (Å²) in [6.45, 7) is 6.39. The number of phenolic OH excluding ortho intramolecular Hbond substituents is 1. The van der Waals surface area contributed by atoms with E-state index < -0.39 is 16.1 Å². The van der Waals surface area contributed by atoms with Crippen molar-refractivity contribution < 1.29 is 14.8 Å². The average molecular weight is 607 g/mol. The first-order chi connectivity index (χ1) is 16.8. The molecule has 1 amide bonds. The van der Waals surface area contributed by atoms with E-state index in [2.05, 4.69) is 55.2 Å². The normalized spacial score (nSPS) is 11.8. The molecule has 0 spiro atoms. The predicted octanol–water partition coefficient (Wildman–Crippen LogP) is 3.93. The average Bonchev–Trinajstić information content (AvgIpc) is 3.20. The summed E-state index contributed by atoms with van der Waals surface area (Å²) in [4.78, 5) is 22.8. The Kier molecular flexibility index (Phi) is 9.19. The van der Waals surface area contributed by atoms with Gasteiger partial charge in [-0.1, -0.05) is 17.8 Å². The zero-order chi connectivity index (χ0) is 25.4. The minimum atomic E-state index is -0.586. The number of anilines is 1. The molecule has 0 radical (unpaired) electrons. The summed E-state index contributed by atoms with van der Waals surface area (Å²) in [5, 5.41) is 36.3. The van der Waals surface area contributed by atoms with E-state index in [-0.39, 0.29) is 17.0 Å². The number of non-ortho nitro benzene ring substituents is 1. The van der Waals surface area contributed by atoms with E-state index in [1.807, 2.05) is 28.8 Å². The number of hydrogen-bond acceptors (Lipinski definition) is 9. The highest BCUT2D eigenvalue weighted by molar-refractivity contribution is 14.1. The molecular formula is C22H22IN7O4S. The summed E-state index contributed by atoms with van der Waals surface area (Å²) in [6.07, 6.45) is 2.87. The highest BCUT2D eigenvalue weighted by Crippen LogP contribution is 2.24. The van der Waals surface area contributed by atoms with Crippen LogP contribution in [0.5, 0.6) is 5.75 Å². The minimum Gasteiger partial charge on any atom is -0.507 e. The maximum atomic E-state index is 12.5.